The second-order valence-electron chi connectivity index (χ2n) is 3.80. The summed E-state index contributed by atoms with van der Waals surface area (Å²) >= 11 is 0. The van der Waals surface area contributed by atoms with Gasteiger partial charge in [0.1, 0.15) is 17.4 Å². The molecule has 0 aliphatic rings. The molecule has 0 amide bonds. The van der Waals surface area contributed by atoms with E-state index in [1.54, 1.807) is 6.07 Å². The van der Waals surface area contributed by atoms with Gasteiger partial charge in [-0.15, -0.1) is 0 Å². The first-order valence-electron chi connectivity index (χ1n) is 5.88. The van der Waals surface area contributed by atoms with E-state index in [0.717, 1.165) is 18.7 Å². The van der Waals surface area contributed by atoms with E-state index >= 15 is 0 Å². The topological polar surface area (TPSA) is 34.1 Å². The van der Waals surface area contributed by atoms with Crippen LogP contribution in [0, 0.1) is 5.82 Å². The molecule has 1 N–H and O–H groups in total. The van der Waals surface area contributed by atoms with Crippen molar-refractivity contribution in [3.05, 3.63) is 54.5 Å². The van der Waals surface area contributed by atoms with Crippen molar-refractivity contribution in [2.45, 2.75) is 6.42 Å². The smallest absolute Gasteiger partial charge is 0.141 e. The van der Waals surface area contributed by atoms with Crippen LogP contribution in [-0.4, -0.2) is 18.1 Å². The number of pyridine rings is 1. The zero-order valence-corrected chi connectivity index (χ0v) is 9.97. The molecule has 0 aliphatic carbocycles. The zero-order valence-electron chi connectivity index (χ0n) is 9.97. The van der Waals surface area contributed by atoms with Gasteiger partial charge < -0.3 is 10.1 Å². The monoisotopic (exact) mass is 246 g/mol. The lowest BCUT2D eigenvalue weighted by Crippen LogP contribution is -2.08. The van der Waals surface area contributed by atoms with Gasteiger partial charge >= 0.3 is 0 Å². The number of ether oxygens (including phenoxy) is 1. The Morgan fingerprint density at radius 2 is 1.94 bits per heavy atom. The van der Waals surface area contributed by atoms with Crippen LogP contribution in [0.3, 0.4) is 0 Å². The van der Waals surface area contributed by atoms with Crippen LogP contribution in [0.2, 0.25) is 0 Å². The van der Waals surface area contributed by atoms with Crippen LogP contribution < -0.4 is 10.1 Å². The number of nitrogens with zero attached hydrogens (tertiary/aromatic N) is 1. The van der Waals surface area contributed by atoms with Gasteiger partial charge in [-0.1, -0.05) is 18.2 Å². The number of rotatable bonds is 6. The van der Waals surface area contributed by atoms with E-state index in [-0.39, 0.29) is 5.82 Å². The Labute approximate surface area is 106 Å². The number of hydrogen-bond acceptors (Lipinski definition) is 3. The maximum Gasteiger partial charge on any atom is 0.141 e. The minimum absolute atomic E-state index is 0.326. The summed E-state index contributed by atoms with van der Waals surface area (Å²) in [6.07, 6.45) is 2.05. The Bertz CT molecular complexity index is 459. The molecule has 4 heteroatoms. The Morgan fingerprint density at radius 1 is 1.11 bits per heavy atom. The molecule has 0 saturated carbocycles. The van der Waals surface area contributed by atoms with Crippen LogP contribution in [0.5, 0.6) is 5.75 Å². The summed E-state index contributed by atoms with van der Waals surface area (Å²) < 4.78 is 18.1. The van der Waals surface area contributed by atoms with Crippen LogP contribution in [0.4, 0.5) is 10.2 Å². The molecule has 0 bridgehead atoms. The normalized spacial score (nSPS) is 10.1. The van der Waals surface area contributed by atoms with Crippen LogP contribution in [0.25, 0.3) is 0 Å². The lowest BCUT2D eigenvalue weighted by molar-refractivity contribution is 0.315. The first-order chi connectivity index (χ1) is 8.84. The molecular formula is C14H15FN2O. The molecule has 18 heavy (non-hydrogen) atoms. The second kappa shape index (κ2) is 6.59. The summed E-state index contributed by atoms with van der Waals surface area (Å²) in [6.45, 7) is 1.38. The van der Waals surface area contributed by atoms with Gasteiger partial charge in [0.15, 0.2) is 0 Å². The van der Waals surface area contributed by atoms with Crippen molar-refractivity contribution >= 4 is 5.82 Å². The molecule has 0 saturated heterocycles. The predicted molar refractivity (Wildman–Crippen MR) is 69.2 cm³/mol. The predicted octanol–water partition coefficient (Wildman–Crippen LogP) is 3.10. The minimum atomic E-state index is -0.326. The Kier molecular flexibility index (Phi) is 4.53. The minimum Gasteiger partial charge on any atom is -0.494 e. The van der Waals surface area contributed by atoms with Crippen LogP contribution >= 0.6 is 0 Å². The number of para-hydroxylation sites is 1. The highest BCUT2D eigenvalue weighted by Crippen LogP contribution is 2.08. The zero-order chi connectivity index (χ0) is 12.6. The summed E-state index contributed by atoms with van der Waals surface area (Å²) in [5.74, 6) is 1.22. The van der Waals surface area contributed by atoms with Gasteiger partial charge in [0.05, 0.1) is 12.8 Å². The van der Waals surface area contributed by atoms with Gasteiger partial charge in [-0.05, 0) is 30.7 Å². The summed E-state index contributed by atoms with van der Waals surface area (Å²) in [6, 6.07) is 12.7. The molecule has 0 fully saturated rings. The molecule has 0 spiro atoms. The molecule has 3 nitrogen and oxygen atoms in total. The SMILES string of the molecule is Fc1ccc(NCCCOc2ccccc2)nc1. The molecule has 94 valence electrons. The lowest BCUT2D eigenvalue weighted by Gasteiger charge is -2.07. The van der Waals surface area contributed by atoms with E-state index in [1.165, 1.54) is 12.3 Å². The number of nitrogens with one attached hydrogen (secondary N) is 1. The fourth-order valence-electron chi connectivity index (χ4n) is 1.48. The molecule has 2 aromatic rings. The maximum absolute atomic E-state index is 12.6. The standard InChI is InChI=1S/C14H15FN2O/c15-12-7-8-14(17-11-12)16-9-4-10-18-13-5-2-1-3-6-13/h1-3,5-8,11H,4,9-10H2,(H,16,17). The number of hydrogen-bond donors (Lipinski definition) is 1. The first-order valence-corrected chi connectivity index (χ1v) is 5.88. The largest absolute Gasteiger partial charge is 0.494 e. The summed E-state index contributed by atoms with van der Waals surface area (Å²) in [4.78, 5) is 3.91. The van der Waals surface area contributed by atoms with Crippen molar-refractivity contribution in [3.8, 4) is 5.75 Å². The van der Waals surface area contributed by atoms with E-state index in [1.807, 2.05) is 30.3 Å². The van der Waals surface area contributed by atoms with Crippen molar-refractivity contribution in [2.24, 2.45) is 0 Å². The third-order valence-electron chi connectivity index (χ3n) is 2.37. The maximum atomic E-state index is 12.6. The fourth-order valence-corrected chi connectivity index (χ4v) is 1.48. The van der Waals surface area contributed by atoms with Crippen molar-refractivity contribution in [1.82, 2.24) is 4.98 Å². The average molecular weight is 246 g/mol. The number of anilines is 1. The van der Waals surface area contributed by atoms with E-state index in [9.17, 15) is 4.39 Å². The van der Waals surface area contributed by atoms with Gasteiger partial charge in [-0.2, -0.15) is 0 Å². The lowest BCUT2D eigenvalue weighted by atomic mass is 10.3. The summed E-state index contributed by atoms with van der Waals surface area (Å²) in [5.41, 5.74) is 0. The van der Waals surface area contributed by atoms with E-state index < -0.39 is 0 Å². The van der Waals surface area contributed by atoms with Gasteiger partial charge in [0, 0.05) is 6.54 Å². The second-order valence-corrected chi connectivity index (χ2v) is 3.80. The average Bonchev–Trinajstić information content (AvgIpc) is 2.42. The molecule has 0 atom stereocenters. The van der Waals surface area contributed by atoms with Crippen LogP contribution in [0.1, 0.15) is 6.42 Å². The van der Waals surface area contributed by atoms with Gasteiger partial charge in [-0.3, -0.25) is 0 Å². The van der Waals surface area contributed by atoms with E-state index in [0.29, 0.717) is 12.4 Å². The summed E-state index contributed by atoms with van der Waals surface area (Å²) in [7, 11) is 0. The van der Waals surface area contributed by atoms with Gasteiger partial charge in [0.2, 0.25) is 0 Å². The molecule has 0 radical (unpaired) electrons. The van der Waals surface area contributed by atoms with E-state index in [2.05, 4.69) is 10.3 Å². The van der Waals surface area contributed by atoms with Crippen LogP contribution in [0.15, 0.2) is 48.7 Å². The molecule has 0 aliphatic heterocycles. The molecular weight excluding hydrogens is 231 g/mol. The van der Waals surface area contributed by atoms with Gasteiger partial charge in [-0.25, -0.2) is 9.37 Å². The highest BCUT2D eigenvalue weighted by atomic mass is 19.1. The first kappa shape index (κ1) is 12.4. The van der Waals surface area contributed by atoms with Crippen molar-refractivity contribution in [2.75, 3.05) is 18.5 Å². The fraction of sp³-hybridized carbons (Fsp3) is 0.214. The Balaban J connectivity index is 1.63. The van der Waals surface area contributed by atoms with Crippen molar-refractivity contribution < 1.29 is 9.13 Å². The van der Waals surface area contributed by atoms with Crippen LogP contribution in [-0.2, 0) is 0 Å². The molecule has 2 rings (SSSR count). The summed E-state index contributed by atoms with van der Waals surface area (Å²) in [5, 5.41) is 3.10. The Morgan fingerprint density at radius 3 is 2.67 bits per heavy atom. The van der Waals surface area contributed by atoms with Crippen molar-refractivity contribution in [1.29, 1.82) is 0 Å². The molecule has 1 heterocycles. The van der Waals surface area contributed by atoms with Gasteiger partial charge in [0.25, 0.3) is 0 Å². The van der Waals surface area contributed by atoms with Crippen molar-refractivity contribution in [3.63, 3.8) is 0 Å². The molecule has 1 aromatic heterocycles. The number of halogens is 1. The Hall–Kier alpha value is -2.10. The number of aromatic nitrogens is 1. The quantitative estimate of drug-likeness (QED) is 0.795. The third kappa shape index (κ3) is 4.05. The highest BCUT2D eigenvalue weighted by molar-refractivity contribution is 5.33. The molecule has 0 unspecified atom stereocenters. The highest BCUT2D eigenvalue weighted by Gasteiger charge is 1.95. The van der Waals surface area contributed by atoms with E-state index in [4.69, 9.17) is 4.74 Å². The number of benzene rings is 1. The third-order valence-corrected chi connectivity index (χ3v) is 2.37. The molecule has 1 aromatic carbocycles.